The van der Waals surface area contributed by atoms with Gasteiger partial charge in [-0.15, -0.1) is 0 Å². The molecular formula is C8H14N4O5. The molecule has 1 atom stereocenters. The topological polar surface area (TPSA) is 165 Å². The van der Waals surface area contributed by atoms with Crippen LogP contribution in [0.4, 0.5) is 0 Å². The fourth-order valence-electron chi connectivity index (χ4n) is 0.898. The Balaban J connectivity index is 4.17. The standard InChI is InChI=1S/C8H14N4O5/c9-2-6(14)11-3-7(15)12-4(8(16)17)1-5(10)13/h4H,1-3,9H2,(H2,10,13)(H,11,14)(H,12,15)(H,16,17)/t4-/m1/s1. The SMILES string of the molecule is NCC(=O)NCC(=O)N[C@H](CC(N)=O)C(=O)O. The number of primary amides is 1. The highest BCUT2D eigenvalue weighted by atomic mass is 16.4. The third kappa shape index (κ3) is 6.84. The van der Waals surface area contributed by atoms with Gasteiger partial charge >= 0.3 is 5.97 Å². The van der Waals surface area contributed by atoms with Crippen molar-refractivity contribution in [3.63, 3.8) is 0 Å². The first-order valence-corrected chi connectivity index (χ1v) is 4.64. The van der Waals surface area contributed by atoms with Crippen LogP contribution in [0.2, 0.25) is 0 Å². The van der Waals surface area contributed by atoms with Crippen LogP contribution in [-0.2, 0) is 19.2 Å². The average Bonchev–Trinajstić information content (AvgIpc) is 2.24. The third-order valence-corrected chi connectivity index (χ3v) is 1.67. The largest absolute Gasteiger partial charge is 0.480 e. The molecule has 9 nitrogen and oxygen atoms in total. The minimum Gasteiger partial charge on any atom is -0.480 e. The van der Waals surface area contributed by atoms with Gasteiger partial charge in [0.2, 0.25) is 17.7 Å². The molecule has 0 spiro atoms. The Morgan fingerprint density at radius 3 is 2.18 bits per heavy atom. The van der Waals surface area contributed by atoms with E-state index >= 15 is 0 Å². The number of hydrogen-bond acceptors (Lipinski definition) is 5. The molecule has 0 aliphatic rings. The Kier molecular flexibility index (Phi) is 6.26. The van der Waals surface area contributed by atoms with Crippen LogP contribution in [0.3, 0.4) is 0 Å². The molecule has 7 N–H and O–H groups in total. The Hall–Kier alpha value is -2.16. The summed E-state index contributed by atoms with van der Waals surface area (Å²) in [6, 6.07) is -1.41. The Labute approximate surface area is 96.5 Å². The third-order valence-electron chi connectivity index (χ3n) is 1.67. The van der Waals surface area contributed by atoms with Crippen molar-refractivity contribution in [2.45, 2.75) is 12.5 Å². The fraction of sp³-hybridized carbons (Fsp3) is 0.500. The zero-order chi connectivity index (χ0) is 13.4. The fourth-order valence-corrected chi connectivity index (χ4v) is 0.898. The van der Waals surface area contributed by atoms with Crippen LogP contribution in [0, 0.1) is 0 Å². The number of nitrogens with one attached hydrogen (secondary N) is 2. The lowest BCUT2D eigenvalue weighted by molar-refractivity contribution is -0.143. The normalized spacial score (nSPS) is 11.4. The summed E-state index contributed by atoms with van der Waals surface area (Å²) in [7, 11) is 0. The molecule has 0 aliphatic carbocycles. The first-order valence-electron chi connectivity index (χ1n) is 4.64. The molecule has 0 aromatic heterocycles. The van der Waals surface area contributed by atoms with Gasteiger partial charge in [0.25, 0.3) is 0 Å². The summed E-state index contributed by atoms with van der Waals surface area (Å²) in [5, 5.41) is 12.8. The van der Waals surface area contributed by atoms with Gasteiger partial charge in [-0.25, -0.2) is 4.79 Å². The molecule has 0 fully saturated rings. The maximum atomic E-state index is 11.2. The van der Waals surface area contributed by atoms with E-state index < -0.39 is 42.7 Å². The molecule has 0 rings (SSSR count). The second kappa shape index (κ2) is 7.17. The van der Waals surface area contributed by atoms with Crippen LogP contribution < -0.4 is 22.1 Å². The van der Waals surface area contributed by atoms with Gasteiger partial charge in [0.1, 0.15) is 6.04 Å². The van der Waals surface area contributed by atoms with Crippen molar-refractivity contribution in [2.24, 2.45) is 11.5 Å². The lowest BCUT2D eigenvalue weighted by Gasteiger charge is -2.12. The zero-order valence-corrected chi connectivity index (χ0v) is 8.93. The molecule has 0 heterocycles. The van der Waals surface area contributed by atoms with E-state index in [0.717, 1.165) is 0 Å². The highest BCUT2D eigenvalue weighted by Gasteiger charge is 2.21. The first-order chi connectivity index (χ1) is 7.86. The lowest BCUT2D eigenvalue weighted by Crippen LogP contribution is -2.47. The van der Waals surface area contributed by atoms with Crippen LogP contribution in [0.15, 0.2) is 0 Å². The molecule has 0 saturated heterocycles. The number of hydrogen-bond donors (Lipinski definition) is 5. The molecule has 0 bridgehead atoms. The average molecular weight is 246 g/mol. The van der Waals surface area contributed by atoms with Crippen LogP contribution in [-0.4, -0.2) is 47.9 Å². The Bertz CT molecular complexity index is 330. The maximum Gasteiger partial charge on any atom is 0.326 e. The summed E-state index contributed by atoms with van der Waals surface area (Å²) in [6.07, 6.45) is -0.522. The molecule has 17 heavy (non-hydrogen) atoms. The summed E-state index contributed by atoms with van der Waals surface area (Å²) in [5.41, 5.74) is 9.79. The minimum atomic E-state index is -1.41. The summed E-state index contributed by atoms with van der Waals surface area (Å²) >= 11 is 0. The Morgan fingerprint density at radius 2 is 1.76 bits per heavy atom. The van der Waals surface area contributed by atoms with Crippen molar-refractivity contribution in [1.82, 2.24) is 10.6 Å². The van der Waals surface area contributed by atoms with Gasteiger partial charge in [-0.3, -0.25) is 14.4 Å². The van der Waals surface area contributed by atoms with Crippen molar-refractivity contribution < 1.29 is 24.3 Å². The van der Waals surface area contributed by atoms with Gasteiger partial charge in [0, 0.05) is 0 Å². The summed E-state index contributed by atoms with van der Waals surface area (Å²) in [5.74, 6) is -3.55. The molecule has 0 aliphatic heterocycles. The Morgan fingerprint density at radius 1 is 1.18 bits per heavy atom. The number of amides is 3. The molecule has 0 aromatic carbocycles. The van der Waals surface area contributed by atoms with Gasteiger partial charge in [0.05, 0.1) is 19.5 Å². The van der Waals surface area contributed by atoms with Gasteiger partial charge in [-0.1, -0.05) is 0 Å². The second-order valence-electron chi connectivity index (χ2n) is 3.11. The second-order valence-corrected chi connectivity index (χ2v) is 3.11. The molecule has 96 valence electrons. The minimum absolute atomic E-state index is 0.281. The number of carbonyl (C=O) groups excluding carboxylic acids is 3. The number of rotatable bonds is 7. The van der Waals surface area contributed by atoms with Crippen molar-refractivity contribution in [3.8, 4) is 0 Å². The molecule has 0 saturated carbocycles. The van der Waals surface area contributed by atoms with Crippen molar-refractivity contribution >= 4 is 23.7 Å². The van der Waals surface area contributed by atoms with Crippen LogP contribution in [0.5, 0.6) is 0 Å². The van der Waals surface area contributed by atoms with Crippen LogP contribution in [0.1, 0.15) is 6.42 Å². The smallest absolute Gasteiger partial charge is 0.326 e. The van der Waals surface area contributed by atoms with Crippen LogP contribution >= 0.6 is 0 Å². The number of carbonyl (C=O) groups is 4. The van der Waals surface area contributed by atoms with E-state index in [2.05, 4.69) is 5.32 Å². The molecule has 3 amide bonds. The van der Waals surface area contributed by atoms with Gasteiger partial charge in [-0.2, -0.15) is 0 Å². The van der Waals surface area contributed by atoms with E-state index in [1.54, 1.807) is 0 Å². The monoisotopic (exact) mass is 246 g/mol. The van der Waals surface area contributed by atoms with Crippen molar-refractivity contribution in [2.75, 3.05) is 13.1 Å². The van der Waals surface area contributed by atoms with E-state index in [4.69, 9.17) is 16.6 Å². The summed E-state index contributed by atoms with van der Waals surface area (Å²) < 4.78 is 0. The summed E-state index contributed by atoms with van der Waals surface area (Å²) in [4.78, 5) is 43.0. The molecule has 9 heteroatoms. The predicted octanol–water partition coefficient (Wildman–Crippen LogP) is -3.49. The quantitative estimate of drug-likeness (QED) is 0.312. The number of aliphatic carboxylic acids is 1. The van der Waals surface area contributed by atoms with E-state index in [-0.39, 0.29) is 6.54 Å². The van der Waals surface area contributed by atoms with Crippen molar-refractivity contribution in [3.05, 3.63) is 0 Å². The molecule has 0 aromatic rings. The molecular weight excluding hydrogens is 232 g/mol. The van der Waals surface area contributed by atoms with Gasteiger partial charge in [0.15, 0.2) is 0 Å². The number of carboxylic acid groups (broad SMARTS) is 1. The first kappa shape index (κ1) is 14.8. The lowest BCUT2D eigenvalue weighted by atomic mass is 10.2. The molecule has 0 unspecified atom stereocenters. The number of carboxylic acids is 1. The van der Waals surface area contributed by atoms with E-state index in [1.807, 2.05) is 5.32 Å². The predicted molar refractivity (Wildman–Crippen MR) is 55.4 cm³/mol. The van der Waals surface area contributed by atoms with Gasteiger partial charge in [-0.05, 0) is 0 Å². The van der Waals surface area contributed by atoms with Crippen LogP contribution in [0.25, 0.3) is 0 Å². The number of nitrogens with two attached hydrogens (primary N) is 2. The molecule has 0 radical (unpaired) electrons. The van der Waals surface area contributed by atoms with Crippen molar-refractivity contribution in [1.29, 1.82) is 0 Å². The highest BCUT2D eigenvalue weighted by Crippen LogP contribution is 1.91. The zero-order valence-electron chi connectivity index (χ0n) is 8.93. The maximum absolute atomic E-state index is 11.2. The summed E-state index contributed by atoms with van der Waals surface area (Å²) in [6.45, 7) is -0.699. The van der Waals surface area contributed by atoms with E-state index in [9.17, 15) is 19.2 Å². The highest BCUT2D eigenvalue weighted by molar-refractivity contribution is 5.90. The van der Waals surface area contributed by atoms with E-state index in [1.165, 1.54) is 0 Å². The van der Waals surface area contributed by atoms with Gasteiger partial charge < -0.3 is 27.2 Å². The van der Waals surface area contributed by atoms with E-state index in [0.29, 0.717) is 0 Å².